The molecule has 0 saturated heterocycles. The van der Waals surface area contributed by atoms with Crippen LogP contribution in [0.1, 0.15) is 0 Å². The number of carbonyl (C=O) groups is 2. The monoisotopic (exact) mass is 226 g/mol. The van der Waals surface area contributed by atoms with Crippen LogP contribution >= 0.6 is 22.6 Å². The summed E-state index contributed by atoms with van der Waals surface area (Å²) < 4.78 is -0.458. The second-order valence-electron chi connectivity index (χ2n) is 0.976. The van der Waals surface area contributed by atoms with Crippen LogP contribution in [0.15, 0.2) is 11.8 Å². The van der Waals surface area contributed by atoms with Crippen LogP contribution in [0.3, 0.4) is 0 Å². The maximum Gasteiger partial charge on any atom is 0.228 e. The van der Waals surface area contributed by atoms with Gasteiger partial charge >= 0.3 is 0 Å². The summed E-state index contributed by atoms with van der Waals surface area (Å²) in [4.78, 5) is 19.9. The van der Waals surface area contributed by atoms with Crippen molar-refractivity contribution in [2.45, 2.75) is 0 Å². The summed E-state index contributed by atoms with van der Waals surface area (Å²) in [5.74, 6) is 0. The second kappa shape index (κ2) is 3.59. The molecule has 0 spiro atoms. The zero-order valence-corrected chi connectivity index (χ0v) is 5.95. The third-order valence-corrected chi connectivity index (χ3v) is 1.12. The van der Waals surface area contributed by atoms with E-state index < -0.39 is 3.79 Å². The zero-order valence-electron chi connectivity index (χ0n) is 3.80. The van der Waals surface area contributed by atoms with Crippen LogP contribution in [0.5, 0.6) is 0 Å². The number of halogens is 1. The van der Waals surface area contributed by atoms with Gasteiger partial charge in [-0.2, -0.15) is 0 Å². The topological polar surface area (TPSA) is 54.4 Å². The van der Waals surface area contributed by atoms with Gasteiger partial charge in [0, 0.05) is 22.6 Å². The van der Waals surface area contributed by atoms with Crippen LogP contribution in [-0.4, -0.2) is 15.2 Å². The molecule has 0 unspecified atom stereocenters. The Morgan fingerprint density at radius 1 is 1.62 bits per heavy atom. The Morgan fingerprint density at radius 2 is 2.12 bits per heavy atom. The van der Waals surface area contributed by atoms with E-state index in [-0.39, 0.29) is 5.57 Å². The highest BCUT2D eigenvalue weighted by Crippen LogP contribution is 1.96. The Kier molecular flexibility index (Phi) is 3.42. The Morgan fingerprint density at radius 3 is 2.12 bits per heavy atom. The first-order valence-electron chi connectivity index (χ1n) is 1.71. The lowest BCUT2D eigenvalue weighted by atomic mass is 10.4. The first-order chi connectivity index (χ1) is 3.72. The van der Waals surface area contributed by atoms with Gasteiger partial charge in [0.2, 0.25) is 3.79 Å². The molecule has 0 aromatic carbocycles. The van der Waals surface area contributed by atoms with Crippen molar-refractivity contribution in [3.63, 3.8) is 0 Å². The van der Waals surface area contributed by atoms with Crippen molar-refractivity contribution in [1.82, 2.24) is 0 Å². The molecule has 0 radical (unpaired) electrons. The van der Waals surface area contributed by atoms with Gasteiger partial charge in [0.05, 0.1) is 6.26 Å². The SMILES string of the molecule is O=C/C(=C/O)C(=O)I. The van der Waals surface area contributed by atoms with E-state index in [4.69, 9.17) is 5.11 Å². The fourth-order valence-corrected chi connectivity index (χ4v) is 0.394. The highest BCUT2D eigenvalue weighted by Gasteiger charge is 2.00. The number of aliphatic hydroxyl groups is 1. The van der Waals surface area contributed by atoms with Crippen LogP contribution in [0.2, 0.25) is 0 Å². The number of aliphatic hydroxyl groups excluding tert-OH is 1. The minimum absolute atomic E-state index is 0.217. The van der Waals surface area contributed by atoms with Crippen LogP contribution in [0.25, 0.3) is 0 Å². The van der Waals surface area contributed by atoms with Crippen molar-refractivity contribution in [3.05, 3.63) is 11.8 Å². The molecule has 4 heteroatoms. The Labute approximate surface area is 59.5 Å². The Balaban J connectivity index is 4.13. The Bertz CT molecular complexity index is 138. The van der Waals surface area contributed by atoms with Crippen molar-refractivity contribution in [2.24, 2.45) is 0 Å². The molecule has 0 aromatic heterocycles. The van der Waals surface area contributed by atoms with E-state index in [2.05, 4.69) is 0 Å². The molecule has 1 N–H and O–H groups in total. The van der Waals surface area contributed by atoms with E-state index in [1.165, 1.54) is 22.6 Å². The molecule has 0 bridgehead atoms. The molecule has 0 aliphatic rings. The van der Waals surface area contributed by atoms with Gasteiger partial charge in [-0.25, -0.2) is 0 Å². The molecule has 0 aromatic rings. The van der Waals surface area contributed by atoms with Gasteiger partial charge in [0.25, 0.3) is 0 Å². The molecular weight excluding hydrogens is 223 g/mol. The van der Waals surface area contributed by atoms with Gasteiger partial charge in [-0.05, 0) is 0 Å². The van der Waals surface area contributed by atoms with Crippen molar-refractivity contribution in [1.29, 1.82) is 0 Å². The molecule has 3 nitrogen and oxygen atoms in total. The molecule has 0 fully saturated rings. The quantitative estimate of drug-likeness (QED) is 0.142. The molecule has 0 rings (SSSR count). The number of hydrogen-bond acceptors (Lipinski definition) is 3. The Hall–Kier alpha value is -0.390. The largest absolute Gasteiger partial charge is 0.515 e. The minimum Gasteiger partial charge on any atom is -0.515 e. The van der Waals surface area contributed by atoms with E-state index in [1.54, 1.807) is 0 Å². The minimum atomic E-state index is -0.458. The third-order valence-electron chi connectivity index (χ3n) is 0.493. The first-order valence-corrected chi connectivity index (χ1v) is 2.79. The van der Waals surface area contributed by atoms with E-state index in [0.717, 1.165) is 0 Å². The molecule has 0 heterocycles. The summed E-state index contributed by atoms with van der Waals surface area (Å²) >= 11 is 1.41. The lowest BCUT2D eigenvalue weighted by Crippen LogP contribution is -1.92. The average molecular weight is 226 g/mol. The predicted octanol–water partition coefficient (Wildman–Crippen LogP) is 0.589. The van der Waals surface area contributed by atoms with Crippen molar-refractivity contribution in [2.75, 3.05) is 0 Å². The molecule has 8 heavy (non-hydrogen) atoms. The van der Waals surface area contributed by atoms with E-state index in [1.807, 2.05) is 0 Å². The maximum absolute atomic E-state index is 10.1. The van der Waals surface area contributed by atoms with Crippen molar-refractivity contribution in [3.8, 4) is 0 Å². The summed E-state index contributed by atoms with van der Waals surface area (Å²) in [6, 6.07) is 0. The third kappa shape index (κ3) is 2.06. The van der Waals surface area contributed by atoms with E-state index >= 15 is 0 Å². The number of allylic oxidation sites excluding steroid dienone is 1. The first kappa shape index (κ1) is 7.61. The maximum atomic E-state index is 10.1. The van der Waals surface area contributed by atoms with Gasteiger partial charge < -0.3 is 5.11 Å². The number of hydrogen-bond donors (Lipinski definition) is 1. The molecular formula is C4H3IO3. The van der Waals surface area contributed by atoms with Crippen molar-refractivity contribution < 1.29 is 14.7 Å². The summed E-state index contributed by atoms with van der Waals surface area (Å²) in [6.45, 7) is 0. The summed E-state index contributed by atoms with van der Waals surface area (Å²) in [5, 5.41) is 8.08. The molecule has 0 amide bonds. The highest BCUT2D eigenvalue weighted by atomic mass is 127. The number of aldehydes is 1. The smallest absolute Gasteiger partial charge is 0.228 e. The number of carbonyl (C=O) groups excluding carboxylic acids is 2. The molecule has 0 atom stereocenters. The fraction of sp³-hybridized carbons (Fsp3) is 0. The average Bonchev–Trinajstić information content (AvgIpc) is 1.69. The van der Waals surface area contributed by atoms with Gasteiger partial charge in [0.15, 0.2) is 6.29 Å². The summed E-state index contributed by atoms with van der Waals surface area (Å²) in [6.07, 6.45) is 0.788. The highest BCUT2D eigenvalue weighted by molar-refractivity contribution is 14.1. The van der Waals surface area contributed by atoms with Gasteiger partial charge in [-0.3, -0.25) is 9.59 Å². The van der Waals surface area contributed by atoms with Gasteiger partial charge in [-0.1, -0.05) is 0 Å². The van der Waals surface area contributed by atoms with Crippen molar-refractivity contribution >= 4 is 32.7 Å². The molecule has 0 saturated carbocycles. The normalized spacial score (nSPS) is 10.9. The summed E-state index contributed by atoms with van der Waals surface area (Å²) in [7, 11) is 0. The lowest BCUT2D eigenvalue weighted by molar-refractivity contribution is -0.110. The van der Waals surface area contributed by atoms with Crippen LogP contribution in [0, 0.1) is 0 Å². The van der Waals surface area contributed by atoms with Gasteiger partial charge in [0.1, 0.15) is 5.57 Å². The van der Waals surface area contributed by atoms with Crippen LogP contribution < -0.4 is 0 Å². The van der Waals surface area contributed by atoms with Gasteiger partial charge in [-0.15, -0.1) is 0 Å². The second-order valence-corrected chi connectivity index (χ2v) is 1.96. The fourth-order valence-electron chi connectivity index (χ4n) is 0.128. The molecule has 0 aliphatic carbocycles. The standard InChI is InChI=1S/C4H3IO3/c5-4(8)3(1-6)2-7/h1-2,6H/b3-1-. The molecule has 44 valence electrons. The van der Waals surface area contributed by atoms with Crippen LogP contribution in [0.4, 0.5) is 0 Å². The molecule has 0 aliphatic heterocycles. The lowest BCUT2D eigenvalue weighted by Gasteiger charge is -1.81. The number of rotatable bonds is 2. The zero-order chi connectivity index (χ0) is 6.57. The predicted molar refractivity (Wildman–Crippen MR) is 35.8 cm³/mol. The van der Waals surface area contributed by atoms with Crippen LogP contribution in [-0.2, 0) is 9.59 Å². The summed E-state index contributed by atoms with van der Waals surface area (Å²) in [5.41, 5.74) is -0.217. The van der Waals surface area contributed by atoms with E-state index in [0.29, 0.717) is 12.5 Å². The van der Waals surface area contributed by atoms with E-state index in [9.17, 15) is 9.59 Å².